The fraction of sp³-hybridized carbons (Fsp3) is 0.500. The molecule has 0 aliphatic carbocycles. The summed E-state index contributed by atoms with van der Waals surface area (Å²) in [6, 6.07) is 3.78. The highest BCUT2D eigenvalue weighted by Gasteiger charge is 2.29. The average molecular weight is 291 g/mol. The first kappa shape index (κ1) is 13.3. The average Bonchev–Trinajstić information content (AvgIpc) is 3.17. The molecule has 1 aliphatic heterocycles. The van der Waals surface area contributed by atoms with E-state index in [1.807, 2.05) is 29.3 Å². The van der Waals surface area contributed by atoms with Crippen LogP contribution in [0.4, 0.5) is 0 Å². The van der Waals surface area contributed by atoms with Crippen LogP contribution in [-0.4, -0.2) is 34.0 Å². The second-order valence-electron chi connectivity index (χ2n) is 4.97. The van der Waals surface area contributed by atoms with Gasteiger partial charge in [0.15, 0.2) is 5.82 Å². The zero-order valence-electron chi connectivity index (χ0n) is 11.4. The molecule has 20 heavy (non-hydrogen) atoms. The minimum absolute atomic E-state index is 0.111. The zero-order chi connectivity index (χ0) is 13.9. The molecule has 106 valence electrons. The van der Waals surface area contributed by atoms with Gasteiger partial charge in [-0.1, -0.05) is 18.1 Å². The summed E-state index contributed by atoms with van der Waals surface area (Å²) >= 11 is 1.49. The van der Waals surface area contributed by atoms with Crippen LogP contribution in [0.3, 0.4) is 0 Å². The van der Waals surface area contributed by atoms with Gasteiger partial charge < -0.3 is 9.42 Å². The van der Waals surface area contributed by atoms with Crippen molar-refractivity contribution in [2.24, 2.45) is 0 Å². The fourth-order valence-corrected chi connectivity index (χ4v) is 3.19. The minimum Gasteiger partial charge on any atom is -0.339 e. The maximum Gasteiger partial charge on any atom is 0.263 e. The number of likely N-dealkylation sites (tertiary alicyclic amines) is 1. The van der Waals surface area contributed by atoms with E-state index in [0.717, 1.165) is 36.5 Å². The molecule has 0 spiro atoms. The summed E-state index contributed by atoms with van der Waals surface area (Å²) in [5, 5.41) is 5.87. The van der Waals surface area contributed by atoms with E-state index >= 15 is 0 Å². The van der Waals surface area contributed by atoms with Crippen molar-refractivity contribution in [1.82, 2.24) is 15.0 Å². The second-order valence-corrected chi connectivity index (χ2v) is 5.92. The third-order valence-corrected chi connectivity index (χ3v) is 4.45. The molecule has 0 N–H and O–H groups in total. The van der Waals surface area contributed by atoms with Gasteiger partial charge >= 0.3 is 0 Å². The number of carbonyl (C=O) groups is 1. The van der Waals surface area contributed by atoms with Gasteiger partial charge in [-0.05, 0) is 24.3 Å². The van der Waals surface area contributed by atoms with E-state index in [9.17, 15) is 4.79 Å². The summed E-state index contributed by atoms with van der Waals surface area (Å²) in [7, 11) is 0. The number of carbonyl (C=O) groups excluding carboxylic acids is 1. The quantitative estimate of drug-likeness (QED) is 0.872. The molecule has 3 rings (SSSR count). The van der Waals surface area contributed by atoms with Crippen molar-refractivity contribution in [3.8, 4) is 0 Å². The first-order valence-electron chi connectivity index (χ1n) is 6.93. The molecule has 2 aromatic heterocycles. The van der Waals surface area contributed by atoms with Crippen molar-refractivity contribution < 1.29 is 9.32 Å². The number of aryl methyl sites for hydroxylation is 1. The Balaban J connectivity index is 1.71. The van der Waals surface area contributed by atoms with Crippen LogP contribution >= 0.6 is 11.3 Å². The van der Waals surface area contributed by atoms with E-state index in [4.69, 9.17) is 4.52 Å². The van der Waals surface area contributed by atoms with E-state index in [2.05, 4.69) is 10.1 Å². The van der Waals surface area contributed by atoms with E-state index in [-0.39, 0.29) is 11.8 Å². The van der Waals surface area contributed by atoms with Gasteiger partial charge in [0.2, 0.25) is 5.89 Å². The predicted molar refractivity (Wildman–Crippen MR) is 75.9 cm³/mol. The second kappa shape index (κ2) is 5.75. The Kier molecular flexibility index (Phi) is 3.82. The van der Waals surface area contributed by atoms with E-state index in [1.54, 1.807) is 0 Å². The molecular formula is C14H17N3O2S. The molecule has 0 bridgehead atoms. The molecule has 6 heteroatoms. The van der Waals surface area contributed by atoms with E-state index in [1.165, 1.54) is 11.3 Å². The molecule has 2 aromatic rings. The van der Waals surface area contributed by atoms with Crippen LogP contribution in [0.5, 0.6) is 0 Å². The number of piperidine rings is 1. The molecule has 0 aromatic carbocycles. The molecule has 1 unspecified atom stereocenters. The number of rotatable bonds is 3. The Morgan fingerprint density at radius 3 is 3.20 bits per heavy atom. The first-order valence-corrected chi connectivity index (χ1v) is 7.81. The van der Waals surface area contributed by atoms with E-state index < -0.39 is 0 Å². The number of amides is 1. The van der Waals surface area contributed by atoms with Crippen molar-refractivity contribution >= 4 is 17.2 Å². The molecule has 3 heterocycles. The minimum atomic E-state index is 0.111. The van der Waals surface area contributed by atoms with Crippen LogP contribution in [-0.2, 0) is 6.42 Å². The third kappa shape index (κ3) is 2.60. The molecule has 1 aliphatic rings. The molecule has 5 nitrogen and oxygen atoms in total. The monoisotopic (exact) mass is 291 g/mol. The van der Waals surface area contributed by atoms with Gasteiger partial charge in [0, 0.05) is 19.5 Å². The van der Waals surface area contributed by atoms with Gasteiger partial charge in [-0.25, -0.2) is 0 Å². The zero-order valence-corrected chi connectivity index (χ0v) is 12.2. The van der Waals surface area contributed by atoms with Crippen LogP contribution in [0.15, 0.2) is 22.0 Å². The van der Waals surface area contributed by atoms with Crippen molar-refractivity contribution in [2.75, 3.05) is 13.1 Å². The van der Waals surface area contributed by atoms with Gasteiger partial charge in [0.05, 0.1) is 10.8 Å². The lowest BCUT2D eigenvalue weighted by Gasteiger charge is -2.30. The maximum atomic E-state index is 12.4. The highest BCUT2D eigenvalue weighted by atomic mass is 32.1. The molecule has 0 radical (unpaired) electrons. The Morgan fingerprint density at radius 2 is 2.50 bits per heavy atom. The molecule has 1 atom stereocenters. The summed E-state index contributed by atoms with van der Waals surface area (Å²) in [4.78, 5) is 19.5. The van der Waals surface area contributed by atoms with Gasteiger partial charge in [0.1, 0.15) is 0 Å². The molecule has 1 fully saturated rings. The Bertz CT molecular complexity index is 579. The summed E-state index contributed by atoms with van der Waals surface area (Å²) in [5.74, 6) is 1.69. The number of hydrogen-bond donors (Lipinski definition) is 0. The summed E-state index contributed by atoms with van der Waals surface area (Å²) in [6.07, 6.45) is 2.75. The maximum absolute atomic E-state index is 12.4. The van der Waals surface area contributed by atoms with Gasteiger partial charge in [0.25, 0.3) is 5.91 Å². The molecule has 1 saturated heterocycles. The fourth-order valence-electron chi connectivity index (χ4n) is 2.50. The van der Waals surface area contributed by atoms with Crippen molar-refractivity contribution in [3.63, 3.8) is 0 Å². The molecule has 1 amide bonds. The predicted octanol–water partition coefficient (Wildman–Crippen LogP) is 2.71. The number of thiophene rings is 1. The SMILES string of the molecule is CCc1noc(C2CCCN(C(=O)c3cccs3)C2)n1. The normalized spacial score (nSPS) is 19.2. The van der Waals surface area contributed by atoms with Gasteiger partial charge in [-0.3, -0.25) is 4.79 Å². The van der Waals surface area contributed by atoms with Gasteiger partial charge in [-0.15, -0.1) is 11.3 Å². The van der Waals surface area contributed by atoms with Crippen LogP contribution in [0.1, 0.15) is 47.1 Å². The standard InChI is InChI=1S/C14H17N3O2S/c1-2-12-15-13(19-16-12)10-5-3-7-17(9-10)14(18)11-6-4-8-20-11/h4,6,8,10H,2-3,5,7,9H2,1H3. The molecular weight excluding hydrogens is 274 g/mol. The number of aromatic nitrogens is 2. The Labute approximate surface area is 121 Å². The number of hydrogen-bond acceptors (Lipinski definition) is 5. The first-order chi connectivity index (χ1) is 9.78. The third-order valence-electron chi connectivity index (χ3n) is 3.59. The van der Waals surface area contributed by atoms with E-state index in [0.29, 0.717) is 12.4 Å². The topological polar surface area (TPSA) is 59.2 Å². The Hall–Kier alpha value is -1.69. The lowest BCUT2D eigenvalue weighted by Crippen LogP contribution is -2.38. The largest absolute Gasteiger partial charge is 0.339 e. The van der Waals surface area contributed by atoms with Crippen LogP contribution in [0.2, 0.25) is 0 Å². The molecule has 0 saturated carbocycles. The smallest absolute Gasteiger partial charge is 0.263 e. The summed E-state index contributed by atoms with van der Waals surface area (Å²) in [6.45, 7) is 3.48. The number of nitrogens with zero attached hydrogens (tertiary/aromatic N) is 3. The lowest BCUT2D eigenvalue weighted by atomic mass is 9.98. The van der Waals surface area contributed by atoms with Crippen molar-refractivity contribution in [2.45, 2.75) is 32.1 Å². The summed E-state index contributed by atoms with van der Waals surface area (Å²) in [5.41, 5.74) is 0. The van der Waals surface area contributed by atoms with Crippen molar-refractivity contribution in [3.05, 3.63) is 34.1 Å². The highest BCUT2D eigenvalue weighted by Crippen LogP contribution is 2.27. The van der Waals surface area contributed by atoms with Crippen LogP contribution in [0, 0.1) is 0 Å². The van der Waals surface area contributed by atoms with Crippen LogP contribution < -0.4 is 0 Å². The van der Waals surface area contributed by atoms with Gasteiger partial charge in [-0.2, -0.15) is 4.98 Å². The van der Waals surface area contributed by atoms with Crippen molar-refractivity contribution in [1.29, 1.82) is 0 Å². The Morgan fingerprint density at radius 1 is 1.60 bits per heavy atom. The lowest BCUT2D eigenvalue weighted by molar-refractivity contribution is 0.0700. The van der Waals surface area contributed by atoms with Crippen LogP contribution in [0.25, 0.3) is 0 Å². The summed E-state index contributed by atoms with van der Waals surface area (Å²) < 4.78 is 5.32. The highest BCUT2D eigenvalue weighted by molar-refractivity contribution is 7.12.